The highest BCUT2D eigenvalue weighted by atomic mass is 16.4. The van der Waals surface area contributed by atoms with E-state index in [1.54, 1.807) is 6.92 Å². The standard InChI is InChI=1S/C8H12N2O3/c1-4-5(2)9-8(13)10-6(3)7(11)12/h1,5-6H,2-3H3,(H,11,12)(H2,9,10,13)/t5?,6-/m0/s1. The first kappa shape index (κ1) is 11.3. The summed E-state index contributed by atoms with van der Waals surface area (Å²) in [6, 6.07) is -1.92. The van der Waals surface area contributed by atoms with Crippen molar-refractivity contribution in [3.63, 3.8) is 0 Å². The normalized spacial score (nSPS) is 13.6. The Hall–Kier alpha value is -1.70. The predicted molar refractivity (Wildman–Crippen MR) is 47.1 cm³/mol. The van der Waals surface area contributed by atoms with E-state index in [1.165, 1.54) is 6.92 Å². The maximum atomic E-state index is 10.9. The fourth-order valence-corrected chi connectivity index (χ4v) is 0.538. The number of carbonyl (C=O) groups excluding carboxylic acids is 1. The average molecular weight is 184 g/mol. The Morgan fingerprint density at radius 2 is 1.92 bits per heavy atom. The summed E-state index contributed by atoms with van der Waals surface area (Å²) in [5.41, 5.74) is 0. The smallest absolute Gasteiger partial charge is 0.325 e. The summed E-state index contributed by atoms with van der Waals surface area (Å²) >= 11 is 0. The molecule has 0 fully saturated rings. The second-order valence-corrected chi connectivity index (χ2v) is 2.57. The van der Waals surface area contributed by atoms with E-state index in [0.29, 0.717) is 0 Å². The van der Waals surface area contributed by atoms with E-state index in [4.69, 9.17) is 11.5 Å². The van der Waals surface area contributed by atoms with Gasteiger partial charge in [-0.1, -0.05) is 5.92 Å². The molecule has 0 radical (unpaired) electrons. The zero-order chi connectivity index (χ0) is 10.4. The Labute approximate surface area is 76.5 Å². The van der Waals surface area contributed by atoms with Crippen LogP contribution in [0.2, 0.25) is 0 Å². The average Bonchev–Trinajstić information content (AvgIpc) is 2.03. The van der Waals surface area contributed by atoms with Crippen molar-refractivity contribution in [3.05, 3.63) is 0 Å². The van der Waals surface area contributed by atoms with Crippen molar-refractivity contribution < 1.29 is 14.7 Å². The molecule has 0 aliphatic rings. The van der Waals surface area contributed by atoms with E-state index in [0.717, 1.165) is 0 Å². The summed E-state index contributed by atoms with van der Waals surface area (Å²) in [6.07, 6.45) is 5.00. The second-order valence-electron chi connectivity index (χ2n) is 2.57. The summed E-state index contributed by atoms with van der Waals surface area (Å²) in [5, 5.41) is 13.0. The van der Waals surface area contributed by atoms with E-state index in [9.17, 15) is 9.59 Å². The Bertz CT molecular complexity index is 244. The van der Waals surface area contributed by atoms with E-state index >= 15 is 0 Å². The first-order valence-corrected chi connectivity index (χ1v) is 3.73. The van der Waals surface area contributed by atoms with Crippen molar-refractivity contribution >= 4 is 12.0 Å². The summed E-state index contributed by atoms with van der Waals surface area (Å²) < 4.78 is 0. The molecule has 0 aliphatic carbocycles. The van der Waals surface area contributed by atoms with Gasteiger partial charge in [-0.15, -0.1) is 6.42 Å². The van der Waals surface area contributed by atoms with Crippen LogP contribution >= 0.6 is 0 Å². The number of carbonyl (C=O) groups is 2. The van der Waals surface area contributed by atoms with Crippen molar-refractivity contribution in [2.24, 2.45) is 0 Å². The molecule has 0 heterocycles. The molecule has 0 aromatic rings. The van der Waals surface area contributed by atoms with Crippen LogP contribution in [0.25, 0.3) is 0 Å². The van der Waals surface area contributed by atoms with Gasteiger partial charge in [0.25, 0.3) is 0 Å². The number of carboxylic acid groups (broad SMARTS) is 1. The minimum atomic E-state index is -1.09. The Morgan fingerprint density at radius 3 is 2.31 bits per heavy atom. The lowest BCUT2D eigenvalue weighted by molar-refractivity contribution is -0.138. The fourth-order valence-electron chi connectivity index (χ4n) is 0.538. The molecule has 5 heteroatoms. The van der Waals surface area contributed by atoms with Crippen LogP contribution < -0.4 is 10.6 Å². The number of carboxylic acids is 1. The van der Waals surface area contributed by atoms with Gasteiger partial charge in [0.05, 0.1) is 6.04 Å². The largest absolute Gasteiger partial charge is 0.480 e. The molecule has 2 amide bonds. The fraction of sp³-hybridized carbons (Fsp3) is 0.500. The van der Waals surface area contributed by atoms with Gasteiger partial charge in [-0.3, -0.25) is 4.79 Å². The zero-order valence-corrected chi connectivity index (χ0v) is 7.50. The third-order valence-corrected chi connectivity index (χ3v) is 1.32. The molecule has 0 aromatic heterocycles. The molecule has 0 rings (SSSR count). The molecule has 2 atom stereocenters. The maximum absolute atomic E-state index is 10.9. The number of hydrogen-bond donors (Lipinski definition) is 3. The van der Waals surface area contributed by atoms with E-state index in [1.807, 2.05) is 0 Å². The minimum Gasteiger partial charge on any atom is -0.480 e. The zero-order valence-electron chi connectivity index (χ0n) is 7.50. The van der Waals surface area contributed by atoms with Crippen molar-refractivity contribution in [3.8, 4) is 12.3 Å². The highest BCUT2D eigenvalue weighted by molar-refractivity contribution is 5.82. The number of rotatable bonds is 3. The summed E-state index contributed by atoms with van der Waals surface area (Å²) in [7, 11) is 0. The van der Waals surface area contributed by atoms with E-state index in [-0.39, 0.29) is 0 Å². The van der Waals surface area contributed by atoms with Gasteiger partial charge in [0.2, 0.25) is 0 Å². The van der Waals surface area contributed by atoms with Crippen LogP contribution in [0.1, 0.15) is 13.8 Å². The molecular weight excluding hydrogens is 172 g/mol. The first-order chi connectivity index (χ1) is 5.97. The number of urea groups is 1. The van der Waals surface area contributed by atoms with Crippen LogP contribution in [0, 0.1) is 12.3 Å². The van der Waals surface area contributed by atoms with Gasteiger partial charge in [0.1, 0.15) is 6.04 Å². The summed E-state index contributed by atoms with van der Waals surface area (Å²) in [6.45, 7) is 2.98. The number of nitrogens with one attached hydrogen (secondary N) is 2. The van der Waals surface area contributed by atoms with Gasteiger partial charge >= 0.3 is 12.0 Å². The third-order valence-electron chi connectivity index (χ3n) is 1.32. The summed E-state index contributed by atoms with van der Waals surface area (Å²) in [4.78, 5) is 21.3. The molecular formula is C8H12N2O3. The van der Waals surface area contributed by atoms with Crippen LogP contribution in [0.15, 0.2) is 0 Å². The van der Waals surface area contributed by atoms with Gasteiger partial charge < -0.3 is 15.7 Å². The van der Waals surface area contributed by atoms with Gasteiger partial charge in [-0.05, 0) is 13.8 Å². The van der Waals surface area contributed by atoms with Crippen molar-refractivity contribution in [1.29, 1.82) is 0 Å². The topological polar surface area (TPSA) is 78.4 Å². The van der Waals surface area contributed by atoms with Crippen LogP contribution in [0.4, 0.5) is 4.79 Å². The molecule has 3 N–H and O–H groups in total. The highest BCUT2D eigenvalue weighted by Crippen LogP contribution is 1.82. The monoisotopic (exact) mass is 184 g/mol. The highest BCUT2D eigenvalue weighted by Gasteiger charge is 2.13. The van der Waals surface area contributed by atoms with Gasteiger partial charge in [-0.2, -0.15) is 0 Å². The molecule has 72 valence electrons. The molecule has 0 aliphatic heterocycles. The number of amides is 2. The molecule has 0 aromatic carbocycles. The third kappa shape index (κ3) is 4.69. The lowest BCUT2D eigenvalue weighted by Gasteiger charge is -2.11. The second kappa shape index (κ2) is 5.04. The number of hydrogen-bond acceptors (Lipinski definition) is 2. The van der Waals surface area contributed by atoms with Crippen LogP contribution in [-0.4, -0.2) is 29.2 Å². The van der Waals surface area contributed by atoms with Crippen LogP contribution in [-0.2, 0) is 4.79 Å². The first-order valence-electron chi connectivity index (χ1n) is 3.73. The Kier molecular flexibility index (Phi) is 4.38. The molecule has 5 nitrogen and oxygen atoms in total. The van der Waals surface area contributed by atoms with Gasteiger partial charge in [0.15, 0.2) is 0 Å². The summed E-state index contributed by atoms with van der Waals surface area (Å²) in [5.74, 6) is 1.18. The quantitative estimate of drug-likeness (QED) is 0.530. The molecule has 0 bridgehead atoms. The minimum absolute atomic E-state index is 0.416. The Balaban J connectivity index is 3.89. The van der Waals surface area contributed by atoms with Crippen LogP contribution in [0.3, 0.4) is 0 Å². The SMILES string of the molecule is C#CC(C)NC(=O)N[C@@H](C)C(=O)O. The molecule has 13 heavy (non-hydrogen) atoms. The van der Waals surface area contributed by atoms with Crippen molar-refractivity contribution in [2.75, 3.05) is 0 Å². The van der Waals surface area contributed by atoms with Gasteiger partial charge in [0, 0.05) is 0 Å². The molecule has 0 spiro atoms. The lowest BCUT2D eigenvalue weighted by Crippen LogP contribution is -2.46. The van der Waals surface area contributed by atoms with E-state index < -0.39 is 24.1 Å². The molecule has 0 saturated heterocycles. The van der Waals surface area contributed by atoms with E-state index in [2.05, 4.69) is 16.6 Å². The number of terminal acetylenes is 1. The molecule has 1 unspecified atom stereocenters. The maximum Gasteiger partial charge on any atom is 0.325 e. The Morgan fingerprint density at radius 1 is 1.38 bits per heavy atom. The van der Waals surface area contributed by atoms with Gasteiger partial charge in [-0.25, -0.2) is 4.79 Å². The van der Waals surface area contributed by atoms with Crippen molar-refractivity contribution in [1.82, 2.24) is 10.6 Å². The predicted octanol–water partition coefficient (Wildman–Crippen LogP) is -0.220. The molecule has 0 saturated carbocycles. The van der Waals surface area contributed by atoms with Crippen LogP contribution in [0.5, 0.6) is 0 Å². The van der Waals surface area contributed by atoms with Crippen molar-refractivity contribution in [2.45, 2.75) is 25.9 Å². The lowest BCUT2D eigenvalue weighted by atomic mass is 10.3. The number of aliphatic carboxylic acids is 1.